The Morgan fingerprint density at radius 3 is 2.08 bits per heavy atom. The van der Waals surface area contributed by atoms with E-state index >= 15 is 0 Å². The molecule has 1 N–H and O–H groups in total. The fourth-order valence-corrected chi connectivity index (χ4v) is 2.41. The van der Waals surface area contributed by atoms with Crippen LogP contribution in [0.2, 0.25) is 0 Å². The molecule has 0 radical (unpaired) electrons. The molecule has 0 saturated carbocycles. The lowest BCUT2D eigenvalue weighted by molar-refractivity contribution is -0.154. The Morgan fingerprint density at radius 2 is 1.58 bits per heavy atom. The molecule has 0 spiro atoms. The minimum atomic E-state index is -0.729. The fourth-order valence-electron chi connectivity index (χ4n) is 2.41. The molecule has 0 aromatic rings. The van der Waals surface area contributed by atoms with Crippen molar-refractivity contribution in [3.05, 3.63) is 24.3 Å². The molecule has 4 nitrogen and oxygen atoms in total. The zero-order valence-corrected chi connectivity index (χ0v) is 15.6. The SMILES string of the molecule is C=CC(C)(CCC=C(C)C)OC(=O)CCCCCCCCC(=O)O. The predicted octanol–water partition coefficient (Wildman–Crippen LogP) is 5.43. The lowest BCUT2D eigenvalue weighted by Crippen LogP contribution is -2.29. The van der Waals surface area contributed by atoms with Crippen molar-refractivity contribution in [1.82, 2.24) is 0 Å². The van der Waals surface area contributed by atoms with Gasteiger partial charge in [0.25, 0.3) is 0 Å². The third kappa shape index (κ3) is 12.9. The first-order chi connectivity index (χ1) is 11.3. The lowest BCUT2D eigenvalue weighted by atomic mass is 9.99. The molecular weight excluding hydrogens is 304 g/mol. The van der Waals surface area contributed by atoms with Crippen LogP contribution in [-0.2, 0) is 14.3 Å². The number of hydrogen-bond acceptors (Lipinski definition) is 3. The first-order valence-electron chi connectivity index (χ1n) is 8.99. The Labute approximate surface area is 147 Å². The van der Waals surface area contributed by atoms with E-state index in [0.717, 1.165) is 51.4 Å². The number of hydrogen-bond donors (Lipinski definition) is 1. The third-order valence-corrected chi connectivity index (χ3v) is 3.99. The van der Waals surface area contributed by atoms with Gasteiger partial charge in [-0.25, -0.2) is 0 Å². The highest BCUT2D eigenvalue weighted by atomic mass is 16.6. The summed E-state index contributed by atoms with van der Waals surface area (Å²) in [6, 6.07) is 0. The van der Waals surface area contributed by atoms with Crippen molar-refractivity contribution in [2.45, 2.75) is 90.6 Å². The summed E-state index contributed by atoms with van der Waals surface area (Å²) in [5, 5.41) is 8.55. The molecule has 0 saturated heterocycles. The van der Waals surface area contributed by atoms with Gasteiger partial charge in [-0.1, -0.05) is 43.9 Å². The first kappa shape index (κ1) is 22.4. The number of carboxylic acids is 1. The van der Waals surface area contributed by atoms with E-state index in [4.69, 9.17) is 9.84 Å². The van der Waals surface area contributed by atoms with E-state index in [2.05, 4.69) is 26.5 Å². The monoisotopic (exact) mass is 338 g/mol. The number of esters is 1. The van der Waals surface area contributed by atoms with Gasteiger partial charge in [-0.3, -0.25) is 9.59 Å². The average Bonchev–Trinajstić information content (AvgIpc) is 2.49. The molecular formula is C20H34O4. The summed E-state index contributed by atoms with van der Waals surface area (Å²) >= 11 is 0. The van der Waals surface area contributed by atoms with Crippen molar-refractivity contribution in [2.24, 2.45) is 0 Å². The summed E-state index contributed by atoms with van der Waals surface area (Å²) in [6.45, 7) is 9.81. The van der Waals surface area contributed by atoms with Gasteiger partial charge >= 0.3 is 11.9 Å². The maximum absolute atomic E-state index is 12.0. The molecule has 0 heterocycles. The van der Waals surface area contributed by atoms with E-state index in [1.54, 1.807) is 6.08 Å². The standard InChI is InChI=1S/C20H34O4/c1-5-20(4,16-12-13-17(2)3)24-19(23)15-11-9-7-6-8-10-14-18(21)22/h5,13H,1,6-12,14-16H2,2-4H3,(H,21,22). The fraction of sp³-hybridized carbons (Fsp3) is 0.700. The minimum absolute atomic E-state index is 0.166. The van der Waals surface area contributed by atoms with Gasteiger partial charge in [0, 0.05) is 12.8 Å². The van der Waals surface area contributed by atoms with Crippen molar-refractivity contribution in [3.8, 4) is 0 Å². The van der Waals surface area contributed by atoms with Gasteiger partial charge in [0.15, 0.2) is 0 Å². The third-order valence-electron chi connectivity index (χ3n) is 3.99. The number of carboxylic acid groups (broad SMARTS) is 1. The Balaban J connectivity index is 3.84. The Bertz CT molecular complexity index is 421. The van der Waals surface area contributed by atoms with Crippen molar-refractivity contribution >= 4 is 11.9 Å². The van der Waals surface area contributed by atoms with Crippen LogP contribution in [0.5, 0.6) is 0 Å². The van der Waals surface area contributed by atoms with Crippen LogP contribution in [0.4, 0.5) is 0 Å². The molecule has 1 atom stereocenters. The molecule has 0 amide bonds. The second-order valence-electron chi connectivity index (χ2n) is 6.83. The highest BCUT2D eigenvalue weighted by Crippen LogP contribution is 2.21. The number of allylic oxidation sites excluding steroid dienone is 2. The van der Waals surface area contributed by atoms with Crippen LogP contribution in [0, 0.1) is 0 Å². The molecule has 0 aliphatic heterocycles. The summed E-state index contributed by atoms with van der Waals surface area (Å²) in [5.41, 5.74) is 0.663. The van der Waals surface area contributed by atoms with E-state index in [-0.39, 0.29) is 12.4 Å². The van der Waals surface area contributed by atoms with Crippen LogP contribution in [-0.4, -0.2) is 22.6 Å². The number of unbranched alkanes of at least 4 members (excludes halogenated alkanes) is 5. The Kier molecular flexibility index (Phi) is 12.0. The van der Waals surface area contributed by atoms with Crippen LogP contribution >= 0.6 is 0 Å². The van der Waals surface area contributed by atoms with Gasteiger partial charge < -0.3 is 9.84 Å². The van der Waals surface area contributed by atoms with Gasteiger partial charge in [0.1, 0.15) is 5.60 Å². The Hall–Kier alpha value is -1.58. The number of rotatable bonds is 14. The van der Waals surface area contributed by atoms with Gasteiger partial charge in [-0.05, 0) is 52.5 Å². The largest absolute Gasteiger partial charge is 0.481 e. The topological polar surface area (TPSA) is 63.6 Å². The summed E-state index contributed by atoms with van der Waals surface area (Å²) in [5.74, 6) is -0.895. The van der Waals surface area contributed by atoms with Crippen molar-refractivity contribution in [3.63, 3.8) is 0 Å². The van der Waals surface area contributed by atoms with Gasteiger partial charge in [-0.2, -0.15) is 0 Å². The van der Waals surface area contributed by atoms with E-state index in [1.807, 2.05) is 6.92 Å². The molecule has 0 aromatic carbocycles. The Morgan fingerprint density at radius 1 is 1.04 bits per heavy atom. The predicted molar refractivity (Wildman–Crippen MR) is 97.9 cm³/mol. The highest BCUT2D eigenvalue weighted by Gasteiger charge is 2.23. The van der Waals surface area contributed by atoms with Crippen molar-refractivity contribution < 1.29 is 19.4 Å². The molecule has 0 aromatic heterocycles. The van der Waals surface area contributed by atoms with Gasteiger partial charge in [0.2, 0.25) is 0 Å². The van der Waals surface area contributed by atoms with Crippen molar-refractivity contribution in [1.29, 1.82) is 0 Å². The van der Waals surface area contributed by atoms with Crippen LogP contribution in [0.15, 0.2) is 24.3 Å². The number of ether oxygens (including phenoxy) is 1. The minimum Gasteiger partial charge on any atom is -0.481 e. The zero-order chi connectivity index (χ0) is 18.4. The zero-order valence-electron chi connectivity index (χ0n) is 15.6. The van der Waals surface area contributed by atoms with Gasteiger partial charge in [0.05, 0.1) is 0 Å². The molecule has 1 unspecified atom stereocenters. The number of carbonyl (C=O) groups excluding carboxylic acids is 1. The molecule has 0 aliphatic rings. The molecule has 0 rings (SSSR count). The summed E-state index contributed by atoms with van der Waals surface area (Å²) < 4.78 is 5.59. The smallest absolute Gasteiger partial charge is 0.306 e. The maximum Gasteiger partial charge on any atom is 0.306 e. The second kappa shape index (κ2) is 12.8. The normalized spacial score (nSPS) is 13.0. The molecule has 138 valence electrons. The van der Waals surface area contributed by atoms with Crippen LogP contribution < -0.4 is 0 Å². The molecule has 0 fully saturated rings. The van der Waals surface area contributed by atoms with E-state index in [9.17, 15) is 9.59 Å². The van der Waals surface area contributed by atoms with E-state index in [1.165, 1.54) is 5.57 Å². The molecule has 0 bridgehead atoms. The second-order valence-corrected chi connectivity index (χ2v) is 6.83. The highest BCUT2D eigenvalue weighted by molar-refractivity contribution is 5.70. The summed E-state index contributed by atoms with van der Waals surface area (Å²) in [7, 11) is 0. The van der Waals surface area contributed by atoms with E-state index in [0.29, 0.717) is 6.42 Å². The van der Waals surface area contributed by atoms with Crippen LogP contribution in [0.25, 0.3) is 0 Å². The number of carbonyl (C=O) groups is 2. The summed E-state index contributed by atoms with van der Waals surface area (Å²) in [6.07, 6.45) is 11.7. The molecule has 24 heavy (non-hydrogen) atoms. The lowest BCUT2D eigenvalue weighted by Gasteiger charge is -2.25. The molecule has 4 heteroatoms. The summed E-state index contributed by atoms with van der Waals surface area (Å²) in [4.78, 5) is 22.4. The molecule has 0 aliphatic carbocycles. The first-order valence-corrected chi connectivity index (χ1v) is 8.99. The quantitative estimate of drug-likeness (QED) is 0.261. The van der Waals surface area contributed by atoms with Crippen LogP contribution in [0.3, 0.4) is 0 Å². The number of aliphatic carboxylic acids is 1. The van der Waals surface area contributed by atoms with Gasteiger partial charge in [-0.15, -0.1) is 0 Å². The average molecular weight is 338 g/mol. The van der Waals surface area contributed by atoms with Crippen LogP contribution in [0.1, 0.15) is 85.0 Å². The van der Waals surface area contributed by atoms with E-state index < -0.39 is 11.6 Å². The maximum atomic E-state index is 12.0. The van der Waals surface area contributed by atoms with Crippen molar-refractivity contribution in [2.75, 3.05) is 0 Å².